The molecule has 2 aliphatic rings. The number of carbonyl (C=O) groups excluding carboxylic acids is 1. The molecule has 8 heteroatoms. The maximum Gasteiger partial charge on any atom is 0.228 e. The smallest absolute Gasteiger partial charge is 0.228 e. The lowest BCUT2D eigenvalue weighted by Gasteiger charge is -2.21. The van der Waals surface area contributed by atoms with Gasteiger partial charge < -0.3 is 5.32 Å². The first kappa shape index (κ1) is 20.9. The Morgan fingerprint density at radius 1 is 1.28 bits per heavy atom. The Bertz CT molecular complexity index is 1220. The van der Waals surface area contributed by atoms with Gasteiger partial charge in [0.25, 0.3) is 0 Å². The Balaban J connectivity index is 1.34. The number of pyridine rings is 1. The molecule has 0 fully saturated rings. The predicted molar refractivity (Wildman–Crippen MR) is 125 cm³/mol. The quantitative estimate of drug-likeness (QED) is 0.622. The van der Waals surface area contributed by atoms with Crippen LogP contribution in [0.4, 0.5) is 5.82 Å². The van der Waals surface area contributed by atoms with Crippen molar-refractivity contribution in [2.75, 3.05) is 5.32 Å². The van der Waals surface area contributed by atoms with Gasteiger partial charge >= 0.3 is 0 Å². The number of anilines is 1. The van der Waals surface area contributed by atoms with Crippen LogP contribution in [-0.4, -0.2) is 30.5 Å². The molecule has 7 nitrogen and oxygen atoms in total. The molecule has 3 aromatic heterocycles. The highest BCUT2D eigenvalue weighted by molar-refractivity contribution is 6.33. The number of nitrogens with one attached hydrogen (secondary N) is 1. The zero-order valence-electron chi connectivity index (χ0n) is 18.6. The highest BCUT2D eigenvalue weighted by Crippen LogP contribution is 2.39. The van der Waals surface area contributed by atoms with Gasteiger partial charge in [0, 0.05) is 48.7 Å². The molecular weight excluding hydrogens is 424 g/mol. The lowest BCUT2D eigenvalue weighted by Crippen LogP contribution is -2.25. The molecule has 4 heterocycles. The zero-order chi connectivity index (χ0) is 22.5. The minimum atomic E-state index is -0.112. The van der Waals surface area contributed by atoms with Gasteiger partial charge in [-0.05, 0) is 48.8 Å². The average molecular weight is 451 g/mol. The molecule has 1 aliphatic carbocycles. The SMILES string of the molecule is Cn1ccc(C2=CCC[C@H](C(=O)Nc3cc(-c4cnn5c4CC(C)(C)C5)c(Cl)cn3)C2)n1. The summed E-state index contributed by atoms with van der Waals surface area (Å²) in [7, 11) is 1.90. The fourth-order valence-electron chi connectivity index (χ4n) is 4.74. The molecule has 1 amide bonds. The molecule has 0 bridgehead atoms. The van der Waals surface area contributed by atoms with Gasteiger partial charge in [-0.2, -0.15) is 10.2 Å². The molecule has 0 unspecified atom stereocenters. The Labute approximate surface area is 192 Å². The topological polar surface area (TPSA) is 77.6 Å². The number of hydrogen-bond donors (Lipinski definition) is 1. The summed E-state index contributed by atoms with van der Waals surface area (Å²) in [6, 6.07) is 3.85. The first-order chi connectivity index (χ1) is 15.3. The van der Waals surface area contributed by atoms with Gasteiger partial charge in [0.15, 0.2) is 0 Å². The number of fused-ring (bicyclic) bond motifs is 1. The van der Waals surface area contributed by atoms with Crippen LogP contribution in [0, 0.1) is 11.3 Å². The van der Waals surface area contributed by atoms with E-state index in [0.29, 0.717) is 17.3 Å². The number of carbonyl (C=O) groups is 1. The van der Waals surface area contributed by atoms with Crippen molar-refractivity contribution in [2.24, 2.45) is 18.4 Å². The number of nitrogens with zero attached hydrogens (tertiary/aromatic N) is 5. The van der Waals surface area contributed by atoms with Crippen molar-refractivity contribution in [3.63, 3.8) is 0 Å². The second kappa shape index (κ2) is 7.89. The van der Waals surface area contributed by atoms with Crippen LogP contribution >= 0.6 is 11.6 Å². The van der Waals surface area contributed by atoms with Crippen molar-refractivity contribution >= 4 is 28.9 Å². The van der Waals surface area contributed by atoms with Gasteiger partial charge in [-0.3, -0.25) is 14.2 Å². The summed E-state index contributed by atoms with van der Waals surface area (Å²) in [5.41, 5.74) is 5.28. The van der Waals surface area contributed by atoms with E-state index in [-0.39, 0.29) is 17.2 Å². The molecule has 5 rings (SSSR count). The number of hydrogen-bond acceptors (Lipinski definition) is 4. The Morgan fingerprint density at radius 2 is 2.12 bits per heavy atom. The monoisotopic (exact) mass is 450 g/mol. The normalized spacial score (nSPS) is 19.5. The van der Waals surface area contributed by atoms with Crippen LogP contribution in [0.15, 0.2) is 36.8 Å². The number of amides is 1. The van der Waals surface area contributed by atoms with E-state index in [1.807, 2.05) is 31.6 Å². The van der Waals surface area contributed by atoms with E-state index >= 15 is 0 Å². The maximum absolute atomic E-state index is 13.1. The maximum atomic E-state index is 13.1. The zero-order valence-corrected chi connectivity index (χ0v) is 19.4. The van der Waals surface area contributed by atoms with E-state index < -0.39 is 0 Å². The van der Waals surface area contributed by atoms with E-state index in [2.05, 4.69) is 45.1 Å². The number of aromatic nitrogens is 5. The standard InChI is InChI=1S/C24H27ClN6O/c1-24(2)11-21-18(12-27-31(21)14-24)17-10-22(26-13-19(17)25)28-23(32)16-6-4-5-15(9-16)20-7-8-30(3)29-20/h5,7-8,10,12-13,16H,4,6,9,11,14H2,1-3H3,(H,26,28,32)/t16-/m0/s1. The van der Waals surface area contributed by atoms with Crippen LogP contribution in [-0.2, 0) is 24.8 Å². The third kappa shape index (κ3) is 3.97. The van der Waals surface area contributed by atoms with E-state index in [0.717, 1.165) is 48.2 Å². The van der Waals surface area contributed by atoms with Crippen LogP contribution < -0.4 is 5.32 Å². The molecule has 1 N–H and O–H groups in total. The van der Waals surface area contributed by atoms with Gasteiger partial charge in [0.2, 0.25) is 5.91 Å². The van der Waals surface area contributed by atoms with Crippen LogP contribution in [0.1, 0.15) is 44.5 Å². The summed E-state index contributed by atoms with van der Waals surface area (Å²) in [6.07, 6.45) is 10.9. The third-order valence-corrected chi connectivity index (χ3v) is 6.66. The molecule has 0 saturated heterocycles. The summed E-state index contributed by atoms with van der Waals surface area (Å²) in [4.78, 5) is 17.4. The lowest BCUT2D eigenvalue weighted by atomic mass is 9.87. The fraction of sp³-hybridized carbons (Fsp3) is 0.417. The lowest BCUT2D eigenvalue weighted by molar-refractivity contribution is -0.120. The highest BCUT2D eigenvalue weighted by atomic mass is 35.5. The predicted octanol–water partition coefficient (Wildman–Crippen LogP) is 4.74. The minimum Gasteiger partial charge on any atom is -0.310 e. The minimum absolute atomic E-state index is 0.0197. The Morgan fingerprint density at radius 3 is 2.91 bits per heavy atom. The summed E-state index contributed by atoms with van der Waals surface area (Å²) in [5, 5.41) is 12.6. The van der Waals surface area contributed by atoms with Gasteiger partial charge in [-0.25, -0.2) is 4.98 Å². The van der Waals surface area contributed by atoms with Crippen LogP contribution in [0.3, 0.4) is 0 Å². The van der Waals surface area contributed by atoms with Crippen molar-refractivity contribution < 1.29 is 4.79 Å². The Kier molecular flexibility index (Phi) is 5.16. The number of allylic oxidation sites excluding steroid dienone is 2. The summed E-state index contributed by atoms with van der Waals surface area (Å²) < 4.78 is 3.84. The largest absolute Gasteiger partial charge is 0.310 e. The van der Waals surface area contributed by atoms with Crippen molar-refractivity contribution in [2.45, 2.75) is 46.1 Å². The molecule has 0 radical (unpaired) electrons. The van der Waals surface area contributed by atoms with Gasteiger partial charge in [0.1, 0.15) is 5.82 Å². The van der Waals surface area contributed by atoms with E-state index in [1.54, 1.807) is 10.9 Å². The van der Waals surface area contributed by atoms with Gasteiger partial charge in [-0.15, -0.1) is 0 Å². The number of halogens is 1. The third-order valence-electron chi connectivity index (χ3n) is 6.35. The molecule has 1 atom stereocenters. The molecule has 3 aromatic rings. The summed E-state index contributed by atoms with van der Waals surface area (Å²) >= 11 is 6.51. The molecule has 32 heavy (non-hydrogen) atoms. The summed E-state index contributed by atoms with van der Waals surface area (Å²) in [5.74, 6) is 0.383. The number of aryl methyl sites for hydroxylation is 1. The van der Waals surface area contributed by atoms with Crippen molar-refractivity contribution in [3.05, 3.63) is 53.2 Å². The van der Waals surface area contributed by atoms with Crippen molar-refractivity contribution in [3.8, 4) is 11.1 Å². The molecular formula is C24H27ClN6O. The van der Waals surface area contributed by atoms with Crippen LogP contribution in [0.5, 0.6) is 0 Å². The van der Waals surface area contributed by atoms with Crippen molar-refractivity contribution in [1.82, 2.24) is 24.5 Å². The first-order valence-corrected chi connectivity index (χ1v) is 11.4. The van der Waals surface area contributed by atoms with E-state index in [9.17, 15) is 4.79 Å². The molecule has 0 aromatic carbocycles. The molecule has 1 aliphatic heterocycles. The molecule has 166 valence electrons. The van der Waals surface area contributed by atoms with Crippen LogP contribution in [0.25, 0.3) is 16.7 Å². The number of rotatable bonds is 4. The molecule has 0 saturated carbocycles. The fourth-order valence-corrected chi connectivity index (χ4v) is 4.95. The molecule has 0 spiro atoms. The Hall–Kier alpha value is -2.93. The van der Waals surface area contributed by atoms with Crippen molar-refractivity contribution in [1.29, 1.82) is 0 Å². The van der Waals surface area contributed by atoms with Gasteiger partial charge in [-0.1, -0.05) is 31.5 Å². The highest BCUT2D eigenvalue weighted by Gasteiger charge is 2.32. The second-order valence-electron chi connectivity index (χ2n) is 9.62. The van der Waals surface area contributed by atoms with Gasteiger partial charge in [0.05, 0.1) is 16.9 Å². The van der Waals surface area contributed by atoms with E-state index in [1.165, 1.54) is 5.69 Å². The van der Waals surface area contributed by atoms with E-state index in [4.69, 9.17) is 11.6 Å². The second-order valence-corrected chi connectivity index (χ2v) is 10.0. The average Bonchev–Trinajstić information content (AvgIpc) is 3.43. The summed E-state index contributed by atoms with van der Waals surface area (Å²) in [6.45, 7) is 5.37. The van der Waals surface area contributed by atoms with Crippen LogP contribution in [0.2, 0.25) is 5.02 Å². The first-order valence-electron chi connectivity index (χ1n) is 11.0.